The van der Waals surface area contributed by atoms with E-state index in [0.29, 0.717) is 12.8 Å². The Labute approximate surface area is 193 Å². The van der Waals surface area contributed by atoms with Gasteiger partial charge in [-0.05, 0) is 54.5 Å². The Balaban J connectivity index is 1.58. The van der Waals surface area contributed by atoms with Crippen LogP contribution in [0, 0.1) is 0 Å². The van der Waals surface area contributed by atoms with Crippen molar-refractivity contribution in [1.29, 1.82) is 0 Å². The second-order valence-corrected chi connectivity index (χ2v) is 9.12. The number of carboxylic acid groups (broad SMARTS) is 1. The van der Waals surface area contributed by atoms with Gasteiger partial charge in [-0.1, -0.05) is 30.3 Å². The number of benzene rings is 2. The number of carbonyl (C=O) groups excluding carboxylic acids is 3. The summed E-state index contributed by atoms with van der Waals surface area (Å²) in [5.41, 5.74) is 2.33. The van der Waals surface area contributed by atoms with E-state index in [2.05, 4.69) is 12.1 Å². The summed E-state index contributed by atoms with van der Waals surface area (Å²) in [6.07, 6.45) is 2.16. The van der Waals surface area contributed by atoms with Gasteiger partial charge in [0.2, 0.25) is 0 Å². The van der Waals surface area contributed by atoms with Crippen molar-refractivity contribution in [1.82, 2.24) is 0 Å². The quantitative estimate of drug-likeness (QED) is 0.459. The number of thiophene rings is 1. The molecule has 2 aromatic carbocycles. The van der Waals surface area contributed by atoms with E-state index in [-0.39, 0.29) is 33.2 Å². The number of rotatable bonds is 4. The number of amides is 2. The standard InChI is InChI=1S/C25H19NO6S/c1-32-25(31)20-17-10-7-14(13-5-3-2-4-6-13)12-19(17)33-23(20)26-21(27)16-9-8-15(24(29)30)11-18(16)22(26)28/h2-6,8-9,11,14H,7,10,12H2,1H3,(H,29,30). The molecule has 1 aliphatic carbocycles. The van der Waals surface area contributed by atoms with E-state index in [4.69, 9.17) is 4.74 Å². The van der Waals surface area contributed by atoms with Crippen LogP contribution in [0.2, 0.25) is 0 Å². The Morgan fingerprint density at radius 1 is 1.06 bits per heavy atom. The normalized spacial score (nSPS) is 17.0. The lowest BCUT2D eigenvalue weighted by molar-refractivity contribution is 0.0599. The monoisotopic (exact) mass is 461 g/mol. The molecule has 3 aromatic rings. The second kappa shape index (κ2) is 7.97. The number of aromatic carboxylic acids is 1. The van der Waals surface area contributed by atoms with Crippen LogP contribution in [0.15, 0.2) is 48.5 Å². The predicted molar refractivity (Wildman–Crippen MR) is 121 cm³/mol. The highest BCUT2D eigenvalue weighted by Crippen LogP contribution is 2.46. The number of carboxylic acids is 1. The van der Waals surface area contributed by atoms with Crippen molar-refractivity contribution in [2.75, 3.05) is 12.0 Å². The zero-order chi connectivity index (χ0) is 23.3. The molecule has 7 nitrogen and oxygen atoms in total. The van der Waals surface area contributed by atoms with Crippen LogP contribution >= 0.6 is 11.3 Å². The Morgan fingerprint density at radius 3 is 2.48 bits per heavy atom. The molecule has 0 spiro atoms. The topological polar surface area (TPSA) is 101 Å². The van der Waals surface area contributed by atoms with Crippen molar-refractivity contribution in [3.8, 4) is 0 Å². The van der Waals surface area contributed by atoms with Crippen molar-refractivity contribution in [2.45, 2.75) is 25.2 Å². The van der Waals surface area contributed by atoms with Crippen molar-refractivity contribution < 1.29 is 29.0 Å². The largest absolute Gasteiger partial charge is 0.478 e. The summed E-state index contributed by atoms with van der Waals surface area (Å²) in [7, 11) is 1.27. The molecule has 0 saturated heterocycles. The predicted octanol–water partition coefficient (Wildman–Crippen LogP) is 4.31. The van der Waals surface area contributed by atoms with Gasteiger partial charge in [0.05, 0.1) is 29.4 Å². The van der Waals surface area contributed by atoms with E-state index in [1.54, 1.807) is 0 Å². The first-order valence-corrected chi connectivity index (χ1v) is 11.3. The van der Waals surface area contributed by atoms with Crippen LogP contribution in [0.25, 0.3) is 0 Å². The molecule has 0 bridgehead atoms. The third-order valence-electron chi connectivity index (χ3n) is 6.24. The van der Waals surface area contributed by atoms with Gasteiger partial charge in [0, 0.05) is 4.88 Å². The number of fused-ring (bicyclic) bond motifs is 2. The van der Waals surface area contributed by atoms with E-state index in [1.165, 1.54) is 42.2 Å². The maximum atomic E-state index is 13.2. The van der Waals surface area contributed by atoms with E-state index in [0.717, 1.165) is 21.8 Å². The maximum Gasteiger partial charge on any atom is 0.341 e. The minimum absolute atomic E-state index is 0.0178. The summed E-state index contributed by atoms with van der Waals surface area (Å²) >= 11 is 1.26. The lowest BCUT2D eigenvalue weighted by Crippen LogP contribution is -2.30. The van der Waals surface area contributed by atoms with Crippen molar-refractivity contribution in [3.63, 3.8) is 0 Å². The maximum absolute atomic E-state index is 13.2. The molecular formula is C25H19NO6S. The van der Waals surface area contributed by atoms with Gasteiger partial charge < -0.3 is 9.84 Å². The lowest BCUT2D eigenvalue weighted by atomic mass is 9.83. The summed E-state index contributed by atoms with van der Waals surface area (Å²) in [5.74, 6) is -2.72. The summed E-state index contributed by atoms with van der Waals surface area (Å²) in [4.78, 5) is 52.4. The molecule has 0 fully saturated rings. The van der Waals surface area contributed by atoms with Gasteiger partial charge in [0.1, 0.15) is 5.00 Å². The van der Waals surface area contributed by atoms with Crippen LogP contribution in [0.1, 0.15) is 69.8 Å². The molecular weight excluding hydrogens is 442 g/mol. The Bertz CT molecular complexity index is 1330. The summed E-state index contributed by atoms with van der Waals surface area (Å²) in [6.45, 7) is 0. The molecule has 2 aliphatic rings. The average molecular weight is 461 g/mol. The number of carbonyl (C=O) groups is 4. The van der Waals surface area contributed by atoms with Gasteiger partial charge >= 0.3 is 11.9 Å². The van der Waals surface area contributed by atoms with Gasteiger partial charge in [-0.25, -0.2) is 14.5 Å². The molecule has 166 valence electrons. The molecule has 33 heavy (non-hydrogen) atoms. The van der Waals surface area contributed by atoms with E-state index in [1.807, 2.05) is 18.2 Å². The highest BCUT2D eigenvalue weighted by molar-refractivity contribution is 7.17. The van der Waals surface area contributed by atoms with Crippen LogP contribution in [-0.2, 0) is 17.6 Å². The minimum atomic E-state index is -1.19. The zero-order valence-corrected chi connectivity index (χ0v) is 18.5. The van der Waals surface area contributed by atoms with Gasteiger partial charge in [-0.3, -0.25) is 9.59 Å². The molecule has 1 aromatic heterocycles. The van der Waals surface area contributed by atoms with Gasteiger partial charge in [0.15, 0.2) is 0 Å². The van der Waals surface area contributed by atoms with Crippen LogP contribution in [0.5, 0.6) is 0 Å². The molecule has 2 heterocycles. The second-order valence-electron chi connectivity index (χ2n) is 8.04. The van der Waals surface area contributed by atoms with Crippen molar-refractivity contribution in [3.05, 3.63) is 86.8 Å². The number of anilines is 1. The van der Waals surface area contributed by atoms with E-state index < -0.39 is 23.8 Å². The Morgan fingerprint density at radius 2 is 1.79 bits per heavy atom. The molecule has 1 aliphatic heterocycles. The highest BCUT2D eigenvalue weighted by atomic mass is 32.1. The van der Waals surface area contributed by atoms with Crippen LogP contribution in [0.4, 0.5) is 5.00 Å². The molecule has 1 unspecified atom stereocenters. The van der Waals surface area contributed by atoms with E-state index in [9.17, 15) is 24.3 Å². The van der Waals surface area contributed by atoms with Crippen LogP contribution in [-0.4, -0.2) is 36.0 Å². The van der Waals surface area contributed by atoms with Crippen LogP contribution < -0.4 is 4.90 Å². The summed E-state index contributed by atoms with van der Waals surface area (Å²) in [5, 5.41) is 9.50. The molecule has 5 rings (SSSR count). The number of ether oxygens (including phenoxy) is 1. The number of imide groups is 1. The molecule has 8 heteroatoms. The van der Waals surface area contributed by atoms with Crippen LogP contribution in [0.3, 0.4) is 0 Å². The molecule has 2 amide bonds. The molecule has 1 atom stereocenters. The fourth-order valence-electron chi connectivity index (χ4n) is 4.61. The fraction of sp³-hybridized carbons (Fsp3) is 0.200. The molecule has 0 saturated carbocycles. The number of hydrogen-bond donors (Lipinski definition) is 1. The smallest absolute Gasteiger partial charge is 0.341 e. The van der Waals surface area contributed by atoms with Crippen molar-refractivity contribution in [2.24, 2.45) is 0 Å². The fourth-order valence-corrected chi connectivity index (χ4v) is 6.02. The molecule has 0 radical (unpaired) electrons. The molecule has 1 N–H and O–H groups in total. The van der Waals surface area contributed by atoms with Gasteiger partial charge in [-0.2, -0.15) is 0 Å². The first-order valence-electron chi connectivity index (χ1n) is 10.4. The Kier molecular flexibility index (Phi) is 5.09. The lowest BCUT2D eigenvalue weighted by Gasteiger charge is -2.23. The first kappa shape index (κ1) is 21.1. The van der Waals surface area contributed by atoms with E-state index >= 15 is 0 Å². The Hall–Kier alpha value is -3.78. The highest BCUT2D eigenvalue weighted by Gasteiger charge is 2.42. The number of methoxy groups -OCH3 is 1. The number of nitrogens with zero attached hydrogens (tertiary/aromatic N) is 1. The minimum Gasteiger partial charge on any atom is -0.478 e. The first-order chi connectivity index (χ1) is 15.9. The number of esters is 1. The SMILES string of the molecule is COC(=O)c1c(N2C(=O)c3ccc(C(=O)O)cc3C2=O)sc2c1CCC(c1ccccc1)C2. The number of hydrogen-bond acceptors (Lipinski definition) is 6. The van der Waals surface area contributed by atoms with Crippen molar-refractivity contribution >= 4 is 40.1 Å². The summed E-state index contributed by atoms with van der Waals surface area (Å²) in [6, 6.07) is 14.0. The third-order valence-corrected chi connectivity index (χ3v) is 7.48. The average Bonchev–Trinajstić information content (AvgIpc) is 3.32. The van der Waals surface area contributed by atoms with Gasteiger partial charge in [-0.15, -0.1) is 11.3 Å². The third kappa shape index (κ3) is 3.34. The zero-order valence-electron chi connectivity index (χ0n) is 17.7. The van der Waals surface area contributed by atoms with Gasteiger partial charge in [0.25, 0.3) is 11.8 Å². The summed E-state index contributed by atoms with van der Waals surface area (Å²) < 4.78 is 5.01.